The largest absolute Gasteiger partial charge is 0.491 e. The molecule has 112 valence electrons. The van der Waals surface area contributed by atoms with Gasteiger partial charge in [-0.05, 0) is 51.2 Å². The average molecular weight is 299 g/mol. The zero-order chi connectivity index (χ0) is 14.4. The lowest BCUT2D eigenvalue weighted by Crippen LogP contribution is -2.44. The lowest BCUT2D eigenvalue weighted by Gasteiger charge is -2.30. The molecule has 0 aliphatic carbocycles. The van der Waals surface area contributed by atoms with Crippen LogP contribution in [0.15, 0.2) is 24.3 Å². The number of hydrogen-bond acceptors (Lipinski definition) is 4. The third-order valence-corrected chi connectivity index (χ3v) is 3.83. The van der Waals surface area contributed by atoms with E-state index in [2.05, 4.69) is 17.3 Å². The minimum atomic E-state index is -0.506. The molecule has 0 aromatic heterocycles. The number of nitrogens with zero attached hydrogens (tertiary/aromatic N) is 1. The average Bonchev–Trinajstić information content (AvgIpc) is 2.45. The fraction of sp³-hybridized carbons (Fsp3) is 0.600. The third kappa shape index (κ3) is 5.29. The summed E-state index contributed by atoms with van der Waals surface area (Å²) in [6.45, 7) is 3.08. The maximum Gasteiger partial charge on any atom is 0.120 e. The van der Waals surface area contributed by atoms with Crippen molar-refractivity contribution < 1.29 is 9.84 Å². The number of aliphatic hydroxyl groups excluding tert-OH is 1. The predicted molar refractivity (Wildman–Crippen MR) is 81.5 cm³/mol. The van der Waals surface area contributed by atoms with Gasteiger partial charge >= 0.3 is 0 Å². The SMILES string of the molecule is CN1CCC(NCC(O)COc2cccc(Cl)c2)CC1. The summed E-state index contributed by atoms with van der Waals surface area (Å²) in [4.78, 5) is 2.33. The van der Waals surface area contributed by atoms with Crippen molar-refractivity contribution in [3.63, 3.8) is 0 Å². The van der Waals surface area contributed by atoms with Crippen LogP contribution in [0.2, 0.25) is 5.02 Å². The van der Waals surface area contributed by atoms with Crippen LogP contribution in [-0.4, -0.2) is 55.4 Å². The van der Waals surface area contributed by atoms with Gasteiger partial charge in [0.15, 0.2) is 0 Å². The van der Waals surface area contributed by atoms with Crippen LogP contribution in [-0.2, 0) is 0 Å². The van der Waals surface area contributed by atoms with Gasteiger partial charge in [0.05, 0.1) is 0 Å². The van der Waals surface area contributed by atoms with Crippen LogP contribution >= 0.6 is 11.6 Å². The predicted octanol–water partition coefficient (Wildman–Crippen LogP) is 1.76. The van der Waals surface area contributed by atoms with E-state index < -0.39 is 6.10 Å². The van der Waals surface area contributed by atoms with E-state index in [4.69, 9.17) is 16.3 Å². The number of piperidine rings is 1. The molecule has 0 spiro atoms. The van der Waals surface area contributed by atoms with Crippen molar-refractivity contribution in [1.82, 2.24) is 10.2 Å². The maximum absolute atomic E-state index is 9.93. The molecular weight excluding hydrogens is 276 g/mol. The number of rotatable bonds is 6. The van der Waals surface area contributed by atoms with Crippen molar-refractivity contribution in [3.05, 3.63) is 29.3 Å². The highest BCUT2D eigenvalue weighted by Gasteiger charge is 2.17. The van der Waals surface area contributed by atoms with Gasteiger partial charge in [-0.2, -0.15) is 0 Å². The molecule has 1 aromatic carbocycles. The van der Waals surface area contributed by atoms with Gasteiger partial charge in [-0.25, -0.2) is 0 Å². The van der Waals surface area contributed by atoms with Crippen molar-refractivity contribution in [2.75, 3.05) is 33.3 Å². The fourth-order valence-electron chi connectivity index (χ4n) is 2.32. The molecule has 2 N–H and O–H groups in total. The van der Waals surface area contributed by atoms with Crippen molar-refractivity contribution in [3.8, 4) is 5.75 Å². The Morgan fingerprint density at radius 2 is 2.20 bits per heavy atom. The van der Waals surface area contributed by atoms with E-state index in [0.29, 0.717) is 23.4 Å². The summed E-state index contributed by atoms with van der Waals surface area (Å²) >= 11 is 5.88. The number of halogens is 1. The number of benzene rings is 1. The smallest absolute Gasteiger partial charge is 0.120 e. The van der Waals surface area contributed by atoms with E-state index in [1.165, 1.54) is 0 Å². The van der Waals surface area contributed by atoms with Crippen LogP contribution in [0.25, 0.3) is 0 Å². The summed E-state index contributed by atoms with van der Waals surface area (Å²) < 4.78 is 5.52. The van der Waals surface area contributed by atoms with Crippen molar-refractivity contribution in [1.29, 1.82) is 0 Å². The van der Waals surface area contributed by atoms with Crippen LogP contribution in [0.3, 0.4) is 0 Å². The molecule has 20 heavy (non-hydrogen) atoms. The van der Waals surface area contributed by atoms with Crippen LogP contribution in [0.1, 0.15) is 12.8 Å². The topological polar surface area (TPSA) is 44.7 Å². The van der Waals surface area contributed by atoms with Crippen LogP contribution in [0.5, 0.6) is 5.75 Å². The van der Waals surface area contributed by atoms with Crippen LogP contribution < -0.4 is 10.1 Å². The second-order valence-corrected chi connectivity index (χ2v) is 5.84. The van der Waals surface area contributed by atoms with Crippen molar-refractivity contribution in [2.45, 2.75) is 25.0 Å². The molecule has 1 fully saturated rings. The number of likely N-dealkylation sites (tertiary alicyclic amines) is 1. The van der Waals surface area contributed by atoms with E-state index in [1.807, 2.05) is 12.1 Å². The Hall–Kier alpha value is -0.810. The molecule has 1 atom stereocenters. The quantitative estimate of drug-likeness (QED) is 0.840. The second-order valence-electron chi connectivity index (χ2n) is 5.41. The van der Waals surface area contributed by atoms with Gasteiger partial charge < -0.3 is 20.1 Å². The Bertz CT molecular complexity index is 409. The molecule has 0 radical (unpaired) electrons. The summed E-state index contributed by atoms with van der Waals surface area (Å²) in [6.07, 6.45) is 1.77. The Labute approximate surface area is 125 Å². The summed E-state index contributed by atoms with van der Waals surface area (Å²) in [7, 11) is 2.14. The molecule has 1 heterocycles. The highest BCUT2D eigenvalue weighted by molar-refractivity contribution is 6.30. The molecule has 1 saturated heterocycles. The van der Waals surface area contributed by atoms with Gasteiger partial charge in [-0.1, -0.05) is 17.7 Å². The molecule has 4 nitrogen and oxygen atoms in total. The highest BCUT2D eigenvalue weighted by atomic mass is 35.5. The lowest BCUT2D eigenvalue weighted by atomic mass is 10.1. The monoisotopic (exact) mass is 298 g/mol. The molecule has 0 bridgehead atoms. The van der Waals surface area contributed by atoms with E-state index in [9.17, 15) is 5.11 Å². The second kappa shape index (κ2) is 7.84. The Balaban J connectivity index is 1.64. The summed E-state index contributed by atoms with van der Waals surface area (Å²) in [5.74, 6) is 0.691. The van der Waals surface area contributed by atoms with Crippen LogP contribution in [0.4, 0.5) is 0 Å². The molecule has 0 amide bonds. The van der Waals surface area contributed by atoms with E-state index >= 15 is 0 Å². The summed E-state index contributed by atoms with van der Waals surface area (Å²) in [5, 5.41) is 14.0. The van der Waals surface area contributed by atoms with Crippen molar-refractivity contribution in [2.24, 2.45) is 0 Å². The first kappa shape index (κ1) is 15.6. The first-order valence-electron chi connectivity index (χ1n) is 7.12. The summed E-state index contributed by atoms with van der Waals surface area (Å²) in [6, 6.07) is 7.72. The Kier molecular flexibility index (Phi) is 6.10. The fourth-order valence-corrected chi connectivity index (χ4v) is 2.50. The molecule has 1 aromatic rings. The number of nitrogens with one attached hydrogen (secondary N) is 1. The normalized spacial score (nSPS) is 18.9. The van der Waals surface area contributed by atoms with Gasteiger partial charge in [0.1, 0.15) is 18.5 Å². The molecular formula is C15H23ClN2O2. The lowest BCUT2D eigenvalue weighted by molar-refractivity contribution is 0.0996. The van der Waals surface area contributed by atoms with Gasteiger partial charge in [0, 0.05) is 17.6 Å². The van der Waals surface area contributed by atoms with Crippen LogP contribution in [0, 0.1) is 0 Å². The molecule has 1 aliphatic heterocycles. The molecule has 5 heteroatoms. The van der Waals surface area contributed by atoms with E-state index in [0.717, 1.165) is 25.9 Å². The van der Waals surface area contributed by atoms with Gasteiger partial charge in [-0.15, -0.1) is 0 Å². The highest BCUT2D eigenvalue weighted by Crippen LogP contribution is 2.17. The van der Waals surface area contributed by atoms with Gasteiger partial charge in [-0.3, -0.25) is 0 Å². The van der Waals surface area contributed by atoms with E-state index in [1.54, 1.807) is 12.1 Å². The Morgan fingerprint density at radius 1 is 1.45 bits per heavy atom. The minimum absolute atomic E-state index is 0.278. The molecule has 0 saturated carbocycles. The number of aliphatic hydroxyl groups is 1. The first-order chi connectivity index (χ1) is 9.63. The number of ether oxygens (including phenoxy) is 1. The number of hydrogen-bond donors (Lipinski definition) is 2. The standard InChI is InChI=1S/C15H23ClN2O2/c1-18-7-5-13(6-8-18)17-10-14(19)11-20-15-4-2-3-12(16)9-15/h2-4,9,13-14,17,19H,5-8,10-11H2,1H3. The van der Waals surface area contributed by atoms with Crippen molar-refractivity contribution >= 4 is 11.6 Å². The Morgan fingerprint density at radius 3 is 2.90 bits per heavy atom. The minimum Gasteiger partial charge on any atom is -0.491 e. The van der Waals surface area contributed by atoms with E-state index in [-0.39, 0.29) is 6.61 Å². The molecule has 2 rings (SSSR count). The molecule has 1 aliphatic rings. The maximum atomic E-state index is 9.93. The zero-order valence-corrected chi connectivity index (χ0v) is 12.6. The van der Waals surface area contributed by atoms with Gasteiger partial charge in [0.25, 0.3) is 0 Å². The van der Waals surface area contributed by atoms with Gasteiger partial charge in [0.2, 0.25) is 0 Å². The molecule has 1 unspecified atom stereocenters. The zero-order valence-electron chi connectivity index (χ0n) is 11.9. The first-order valence-corrected chi connectivity index (χ1v) is 7.49. The summed E-state index contributed by atoms with van der Waals surface area (Å²) in [5.41, 5.74) is 0. The third-order valence-electron chi connectivity index (χ3n) is 3.60.